The summed E-state index contributed by atoms with van der Waals surface area (Å²) in [6, 6.07) is 8.85. The maximum atomic E-state index is 5.82. The second-order valence-corrected chi connectivity index (χ2v) is 11.6. The Bertz CT molecular complexity index is 980. The molecule has 13 heteroatoms. The molecule has 0 aliphatic rings. The second-order valence-electron chi connectivity index (χ2n) is 7.31. The molecule has 2 radical (unpaired) electrons. The maximum absolute atomic E-state index is 5.82. The molecule has 0 atom stereocenters. The number of alkyl halides is 6. The van der Waals surface area contributed by atoms with E-state index in [-0.39, 0.29) is 63.4 Å². The van der Waals surface area contributed by atoms with Crippen LogP contribution in [0, 0.1) is 46.3 Å². The van der Waals surface area contributed by atoms with Crippen LogP contribution in [0.2, 0.25) is 0 Å². The van der Waals surface area contributed by atoms with Gasteiger partial charge in [0.25, 0.3) is 0 Å². The Hall–Kier alpha value is 1.36. The van der Waals surface area contributed by atoms with E-state index in [1.807, 2.05) is 0 Å². The standard InChI is InChI=1S/C21H24N2S.2CHCl3.Bi.3ClH/c1-13-9-15(3)19(16(4)10-13)22-7-8-23(21(22)24)20-17(5)11-14(2)12-18(20)6;2*2-1(3)4;;;;/h7-12H,1-6H3;2*1H;;3*1H/q;;;+3;;;/p-3. The van der Waals surface area contributed by atoms with Crippen molar-refractivity contribution in [1.82, 2.24) is 9.13 Å². The van der Waals surface area contributed by atoms with E-state index < -0.39 is 8.59 Å². The van der Waals surface area contributed by atoms with E-state index in [1.54, 1.807) is 0 Å². The summed E-state index contributed by atoms with van der Waals surface area (Å²) in [5.74, 6) is 0. The van der Waals surface area contributed by atoms with Crippen LogP contribution in [-0.4, -0.2) is 43.9 Å². The normalized spacial score (nSPS) is 9.39. The average Bonchev–Trinajstić information content (AvgIpc) is 2.94. The van der Waals surface area contributed by atoms with Crippen molar-refractivity contribution < 1.29 is 37.2 Å². The van der Waals surface area contributed by atoms with Gasteiger partial charge in [0.2, 0.25) is 0 Å². The van der Waals surface area contributed by atoms with Gasteiger partial charge in [0.05, 0.1) is 11.4 Å². The number of hydrogen-bond acceptors (Lipinski definition) is 1. The summed E-state index contributed by atoms with van der Waals surface area (Å²) in [6.45, 7) is 12.9. The molecule has 0 bridgehead atoms. The van der Waals surface area contributed by atoms with Gasteiger partial charge in [-0.05, 0) is 76.0 Å². The fraction of sp³-hybridized carbons (Fsp3) is 0.348. The molecule has 3 rings (SSSR count). The number of nitrogens with zero attached hydrogens (tertiary/aromatic N) is 2. The summed E-state index contributed by atoms with van der Waals surface area (Å²) >= 11 is 34.7. The van der Waals surface area contributed by atoms with Gasteiger partial charge in [-0.25, -0.2) is 0 Å². The van der Waals surface area contributed by atoms with Gasteiger partial charge in [-0.3, -0.25) is 9.13 Å². The summed E-state index contributed by atoms with van der Waals surface area (Å²) < 4.78 is 3.55. The minimum absolute atomic E-state index is 0. The molecule has 3 aromatic rings. The minimum atomic E-state index is -0.750. The van der Waals surface area contributed by atoms with E-state index >= 15 is 0 Å². The van der Waals surface area contributed by atoms with Crippen molar-refractivity contribution in [3.8, 4) is 11.4 Å². The number of benzene rings is 2. The van der Waals surface area contributed by atoms with E-state index in [1.165, 1.54) is 44.8 Å². The number of hydrogen-bond donors (Lipinski definition) is 0. The third-order valence-corrected chi connectivity index (χ3v) is 4.92. The van der Waals surface area contributed by atoms with Crippen molar-refractivity contribution in [2.75, 3.05) is 0 Å². The molecule has 0 aliphatic heterocycles. The first-order valence-corrected chi connectivity index (χ1v) is 12.6. The third-order valence-electron chi connectivity index (χ3n) is 4.53. The Morgan fingerprint density at radius 2 is 0.750 bits per heavy atom. The number of aryl methyl sites for hydroxylation is 6. The van der Waals surface area contributed by atoms with Crippen LogP contribution in [0.1, 0.15) is 33.4 Å². The molecular formula is C23H26BiCl9N2S. The number of aromatic nitrogens is 2. The third kappa shape index (κ3) is 14.1. The molecule has 1 aromatic heterocycles. The predicted molar refractivity (Wildman–Crippen MR) is 153 cm³/mol. The zero-order valence-electron chi connectivity index (χ0n) is 20.3. The van der Waals surface area contributed by atoms with Crippen molar-refractivity contribution in [2.45, 2.75) is 50.1 Å². The summed E-state index contributed by atoms with van der Waals surface area (Å²) in [5.41, 5.74) is 9.93. The van der Waals surface area contributed by atoms with Crippen molar-refractivity contribution in [3.63, 3.8) is 0 Å². The van der Waals surface area contributed by atoms with Crippen LogP contribution < -0.4 is 37.2 Å². The molecule has 0 amide bonds. The molecular weight excluding hydrogens is 864 g/mol. The molecule has 0 saturated heterocycles. The summed E-state index contributed by atoms with van der Waals surface area (Å²) in [6.07, 6.45) is 4.15. The molecule has 0 fully saturated rings. The molecule has 1 heterocycles. The van der Waals surface area contributed by atoms with Crippen LogP contribution in [0.25, 0.3) is 11.4 Å². The van der Waals surface area contributed by atoms with Crippen molar-refractivity contribution in [1.29, 1.82) is 0 Å². The first-order valence-electron chi connectivity index (χ1n) is 9.57. The molecule has 2 nitrogen and oxygen atoms in total. The van der Waals surface area contributed by atoms with E-state index in [4.69, 9.17) is 81.8 Å². The van der Waals surface area contributed by atoms with Crippen LogP contribution in [0.3, 0.4) is 0 Å². The van der Waals surface area contributed by atoms with Crippen LogP contribution in [0.5, 0.6) is 0 Å². The second kappa shape index (κ2) is 21.2. The fourth-order valence-electron chi connectivity index (χ4n) is 3.82. The summed E-state index contributed by atoms with van der Waals surface area (Å²) in [4.78, 5) is 0. The Morgan fingerprint density at radius 3 is 0.944 bits per heavy atom. The smallest absolute Gasteiger partial charge is 1.00 e. The monoisotopic (exact) mass is 886 g/mol. The van der Waals surface area contributed by atoms with Gasteiger partial charge < -0.3 is 37.2 Å². The largest absolute Gasteiger partial charge is 3.00 e. The van der Waals surface area contributed by atoms with Gasteiger partial charge in [0, 0.05) is 12.4 Å². The van der Waals surface area contributed by atoms with E-state index in [0.717, 1.165) is 4.77 Å². The zero-order valence-corrected chi connectivity index (χ0v) is 31.4. The Kier molecular flexibility index (Phi) is 26.1. The molecule has 0 unspecified atom stereocenters. The quantitative estimate of drug-likeness (QED) is 0.207. The maximum Gasteiger partial charge on any atom is 3.00 e. The molecule has 202 valence electrons. The Labute approximate surface area is 287 Å². The number of halogens is 9. The first kappa shape index (κ1) is 44.4. The number of imidazole rings is 1. The van der Waals surface area contributed by atoms with Crippen LogP contribution in [-0.2, 0) is 0 Å². The van der Waals surface area contributed by atoms with Gasteiger partial charge in [0.1, 0.15) is 0 Å². The summed E-state index contributed by atoms with van der Waals surface area (Å²) in [7, 11) is 0. The SMILES string of the molecule is Cc1cc(C)c(-n2ccn(-c3c(C)cc(C)cc3C)c2=S)c(C)c1.ClC(Cl)Cl.ClC(Cl)Cl.[Bi+3].[Cl-].[Cl-].[Cl-]. The first-order chi connectivity index (χ1) is 14.8. The van der Waals surface area contributed by atoms with Crippen LogP contribution >= 0.6 is 81.8 Å². The fourth-order valence-corrected chi connectivity index (χ4v) is 4.13. The predicted octanol–water partition coefficient (Wildman–Crippen LogP) is 0.452. The zero-order chi connectivity index (χ0) is 24.7. The summed E-state index contributed by atoms with van der Waals surface area (Å²) in [5, 5.41) is 0. The van der Waals surface area contributed by atoms with Gasteiger partial charge >= 0.3 is 26.2 Å². The van der Waals surface area contributed by atoms with Gasteiger partial charge in [0.15, 0.2) is 13.4 Å². The van der Waals surface area contributed by atoms with Crippen molar-refractivity contribution in [3.05, 3.63) is 74.8 Å². The van der Waals surface area contributed by atoms with E-state index in [2.05, 4.69) is 87.3 Å². The average molecular weight is 891 g/mol. The van der Waals surface area contributed by atoms with Crippen LogP contribution in [0.4, 0.5) is 0 Å². The van der Waals surface area contributed by atoms with Crippen molar-refractivity contribution in [2.24, 2.45) is 0 Å². The van der Waals surface area contributed by atoms with Gasteiger partial charge in [-0.2, -0.15) is 0 Å². The topological polar surface area (TPSA) is 9.86 Å². The molecule has 0 spiro atoms. The molecule has 0 saturated carbocycles. The Morgan fingerprint density at radius 1 is 0.556 bits per heavy atom. The van der Waals surface area contributed by atoms with Gasteiger partial charge in [-0.15, -0.1) is 0 Å². The Balaban J connectivity index is -0.000000377. The molecule has 36 heavy (non-hydrogen) atoms. The molecule has 0 aliphatic carbocycles. The molecule has 0 N–H and O–H groups in total. The van der Waals surface area contributed by atoms with Crippen LogP contribution in [0.15, 0.2) is 36.7 Å². The van der Waals surface area contributed by atoms with E-state index in [0.29, 0.717) is 0 Å². The minimum Gasteiger partial charge on any atom is -1.00 e. The number of rotatable bonds is 2. The van der Waals surface area contributed by atoms with Crippen molar-refractivity contribution >= 4 is 108 Å². The van der Waals surface area contributed by atoms with Gasteiger partial charge in [-0.1, -0.05) is 105 Å². The molecule has 2 aromatic carbocycles. The van der Waals surface area contributed by atoms with E-state index in [9.17, 15) is 0 Å².